The number of likely N-dealkylation sites (tertiary alicyclic amines) is 3. The van der Waals surface area contributed by atoms with E-state index >= 15 is 0 Å². The van der Waals surface area contributed by atoms with Gasteiger partial charge in [-0.15, -0.1) is 10.2 Å². The number of carbonyl (C=O) groups excluding carboxylic acids is 3. The molecular weight excluding hydrogens is 618 g/mol. The molecule has 1 saturated carbocycles. The van der Waals surface area contributed by atoms with Gasteiger partial charge < -0.3 is 20.0 Å². The number of aryl methyl sites for hydroxylation is 2. The average Bonchev–Trinajstić information content (AvgIpc) is 3.74. The Bertz CT molecular complexity index is 1730. The van der Waals surface area contributed by atoms with Crippen molar-refractivity contribution in [2.45, 2.75) is 88.3 Å². The van der Waals surface area contributed by atoms with Gasteiger partial charge in [0.2, 0.25) is 5.91 Å². The molecule has 2 aromatic carbocycles. The Hall–Kier alpha value is -4.63. The second-order valence-electron chi connectivity index (χ2n) is 14.6. The first kappa shape index (κ1) is 31.6. The van der Waals surface area contributed by atoms with Gasteiger partial charge in [-0.2, -0.15) is 10.5 Å². The normalized spacial score (nSPS) is 24.1. The van der Waals surface area contributed by atoms with Crippen molar-refractivity contribution >= 4 is 17.7 Å². The second kappa shape index (κ2) is 12.7. The average molecular weight is 662 g/mol. The van der Waals surface area contributed by atoms with Gasteiger partial charge in [-0.25, -0.2) is 0 Å². The third-order valence-corrected chi connectivity index (χ3v) is 11.6. The van der Waals surface area contributed by atoms with Gasteiger partial charge in [0.25, 0.3) is 11.8 Å². The van der Waals surface area contributed by atoms with Crippen molar-refractivity contribution in [1.29, 1.82) is 5.26 Å². The number of hydrogen-bond donors (Lipinski definition) is 2. The Labute approximate surface area is 286 Å². The molecule has 3 saturated heterocycles. The summed E-state index contributed by atoms with van der Waals surface area (Å²) < 4.78 is 0. The third-order valence-electron chi connectivity index (χ3n) is 11.6. The van der Waals surface area contributed by atoms with E-state index in [1.807, 2.05) is 34.1 Å². The lowest BCUT2D eigenvalue weighted by atomic mass is 9.67. The molecule has 0 radical (unpaired) electrons. The van der Waals surface area contributed by atoms with E-state index in [1.165, 1.54) is 0 Å². The monoisotopic (exact) mass is 661 g/mol. The van der Waals surface area contributed by atoms with Gasteiger partial charge in [-0.05, 0) is 117 Å². The van der Waals surface area contributed by atoms with E-state index in [4.69, 9.17) is 0 Å². The van der Waals surface area contributed by atoms with Crippen LogP contribution in [0.25, 0.3) is 0 Å². The van der Waals surface area contributed by atoms with Crippen LogP contribution < -0.4 is 5.32 Å². The van der Waals surface area contributed by atoms with Crippen molar-refractivity contribution in [3.05, 3.63) is 75.6 Å². The number of H-pyrrole nitrogens is 1. The van der Waals surface area contributed by atoms with Crippen LogP contribution in [0.2, 0.25) is 0 Å². The number of fused-ring (bicyclic) bond motifs is 3. The Balaban J connectivity index is 1.17. The molecule has 2 aliphatic carbocycles. The minimum atomic E-state index is -0.890. The summed E-state index contributed by atoms with van der Waals surface area (Å²) in [6.45, 7) is 5.28. The maximum Gasteiger partial charge on any atom is 0.253 e. The molecule has 12 nitrogen and oxygen atoms in total. The fourth-order valence-electron chi connectivity index (χ4n) is 9.03. The summed E-state index contributed by atoms with van der Waals surface area (Å²) >= 11 is 0. The smallest absolute Gasteiger partial charge is 0.253 e. The molecule has 3 aliphatic heterocycles. The molecule has 8 rings (SSSR count). The molecule has 1 unspecified atom stereocenters. The second-order valence-corrected chi connectivity index (χ2v) is 14.6. The lowest BCUT2D eigenvalue weighted by Gasteiger charge is -2.36. The zero-order valence-electron chi connectivity index (χ0n) is 28.0. The van der Waals surface area contributed by atoms with E-state index in [0.717, 1.165) is 87.0 Å². The Kier molecular flexibility index (Phi) is 8.18. The zero-order valence-corrected chi connectivity index (χ0v) is 28.0. The molecule has 0 spiro atoms. The lowest BCUT2D eigenvalue weighted by molar-refractivity contribution is -0.131. The van der Waals surface area contributed by atoms with E-state index in [2.05, 4.69) is 51.1 Å². The number of hydrogen-bond acceptors (Lipinski definition) is 8. The van der Waals surface area contributed by atoms with Crippen molar-refractivity contribution in [3.8, 4) is 6.07 Å². The van der Waals surface area contributed by atoms with E-state index in [-0.39, 0.29) is 42.4 Å². The minimum Gasteiger partial charge on any atom is -0.339 e. The van der Waals surface area contributed by atoms with Crippen LogP contribution >= 0.6 is 0 Å². The zero-order chi connectivity index (χ0) is 33.7. The van der Waals surface area contributed by atoms with Crippen LogP contribution in [0.4, 0.5) is 0 Å². The van der Waals surface area contributed by atoms with Crippen molar-refractivity contribution in [2.24, 2.45) is 5.92 Å². The molecule has 254 valence electrons. The summed E-state index contributed by atoms with van der Waals surface area (Å²) in [4.78, 5) is 46.2. The summed E-state index contributed by atoms with van der Waals surface area (Å²) in [5, 5.41) is 29.1. The highest BCUT2D eigenvalue weighted by Gasteiger charge is 2.54. The van der Waals surface area contributed by atoms with E-state index in [0.29, 0.717) is 42.1 Å². The molecule has 5 aliphatic rings. The van der Waals surface area contributed by atoms with Gasteiger partial charge in [-0.3, -0.25) is 14.4 Å². The molecule has 3 aromatic rings. The van der Waals surface area contributed by atoms with Crippen molar-refractivity contribution in [3.63, 3.8) is 0 Å². The SMILES string of the molecule is C[C@@H](CC1(c2nn[nH]n2)c2ccc(C(=O)N3CCCC3)cc2CCc2cc(C(=O)N3CCCC3)ccc21)NCC(=O)N1C(C#N)C[C@@H]2C[C@@H]21. The van der Waals surface area contributed by atoms with Crippen LogP contribution in [-0.4, -0.2) is 104 Å². The minimum absolute atomic E-state index is 0.0474. The maximum atomic E-state index is 13.6. The number of carbonyl (C=O) groups is 3. The van der Waals surface area contributed by atoms with E-state index < -0.39 is 5.41 Å². The standard InChI is InChI=1S/C37H43N9O3/c1-23(39-22-33(47)46-29(21-38)18-28-19-32(28)46)20-37(36-40-42-43-41-36)30-10-8-26(34(48)44-12-2-3-13-44)16-24(30)6-7-25-17-27(9-11-31(25)37)35(49)45-14-4-5-15-45/h8-11,16-17,23,28-29,32,39H,2-7,12-15,18-20,22H2,1H3,(H,40,41,42,43)/t23-,28+,29?,32-/m0/s1. The largest absolute Gasteiger partial charge is 0.339 e. The summed E-state index contributed by atoms with van der Waals surface area (Å²) in [6.07, 6.45) is 7.69. The molecule has 12 heteroatoms. The molecule has 1 aromatic heterocycles. The van der Waals surface area contributed by atoms with Crippen molar-refractivity contribution < 1.29 is 14.4 Å². The fourth-order valence-corrected chi connectivity index (χ4v) is 9.03. The van der Waals surface area contributed by atoms with Crippen LogP contribution in [0, 0.1) is 17.2 Å². The fraction of sp³-hybridized carbons (Fsp3) is 0.541. The van der Waals surface area contributed by atoms with Crippen molar-refractivity contribution in [1.82, 2.24) is 40.6 Å². The maximum absolute atomic E-state index is 13.6. The first-order valence-electron chi connectivity index (χ1n) is 17.9. The number of nitrogens with one attached hydrogen (secondary N) is 2. The van der Waals surface area contributed by atoms with Gasteiger partial charge in [0.05, 0.1) is 18.0 Å². The predicted molar refractivity (Wildman–Crippen MR) is 179 cm³/mol. The number of rotatable bonds is 8. The number of tetrazole rings is 1. The number of aromatic nitrogens is 4. The highest BCUT2D eigenvalue weighted by molar-refractivity contribution is 5.95. The first-order chi connectivity index (χ1) is 23.9. The van der Waals surface area contributed by atoms with Crippen LogP contribution in [0.5, 0.6) is 0 Å². The summed E-state index contributed by atoms with van der Waals surface area (Å²) in [6, 6.07) is 14.0. The molecule has 49 heavy (non-hydrogen) atoms. The van der Waals surface area contributed by atoms with Gasteiger partial charge in [0.1, 0.15) is 6.04 Å². The van der Waals surface area contributed by atoms with Crippen molar-refractivity contribution in [2.75, 3.05) is 32.7 Å². The summed E-state index contributed by atoms with van der Waals surface area (Å²) in [5.74, 6) is 1.01. The molecule has 2 N–H and O–H groups in total. The highest BCUT2D eigenvalue weighted by Crippen LogP contribution is 2.48. The Morgan fingerprint density at radius 2 is 1.53 bits per heavy atom. The van der Waals surface area contributed by atoms with Crippen LogP contribution in [-0.2, 0) is 23.1 Å². The molecule has 3 amide bonds. The molecule has 4 fully saturated rings. The van der Waals surface area contributed by atoms with Gasteiger partial charge in [0, 0.05) is 49.4 Å². The number of nitriles is 1. The number of piperidine rings is 1. The number of nitrogens with zero attached hydrogens (tertiary/aromatic N) is 7. The molecule has 4 heterocycles. The number of benzene rings is 2. The highest BCUT2D eigenvalue weighted by atomic mass is 16.2. The predicted octanol–water partition coefficient (Wildman–Crippen LogP) is 2.99. The topological polar surface area (TPSA) is 151 Å². The van der Waals surface area contributed by atoms with Gasteiger partial charge in [-0.1, -0.05) is 17.3 Å². The number of aromatic amines is 1. The molecular formula is C37H43N9O3. The van der Waals surface area contributed by atoms with Crippen LogP contribution in [0.1, 0.15) is 101 Å². The third kappa shape index (κ3) is 5.58. The Morgan fingerprint density at radius 1 is 0.939 bits per heavy atom. The first-order valence-corrected chi connectivity index (χ1v) is 17.9. The molecule has 0 bridgehead atoms. The number of amides is 3. The Morgan fingerprint density at radius 3 is 2.06 bits per heavy atom. The van der Waals surface area contributed by atoms with Gasteiger partial charge in [0.15, 0.2) is 5.82 Å². The van der Waals surface area contributed by atoms with E-state index in [9.17, 15) is 19.6 Å². The van der Waals surface area contributed by atoms with Crippen LogP contribution in [0.3, 0.4) is 0 Å². The molecule has 4 atom stereocenters. The van der Waals surface area contributed by atoms with Crippen LogP contribution in [0.15, 0.2) is 36.4 Å². The lowest BCUT2D eigenvalue weighted by Crippen LogP contribution is -2.46. The summed E-state index contributed by atoms with van der Waals surface area (Å²) in [5.41, 5.74) is 4.52. The summed E-state index contributed by atoms with van der Waals surface area (Å²) in [7, 11) is 0. The van der Waals surface area contributed by atoms with E-state index in [1.54, 1.807) is 4.90 Å². The quantitative estimate of drug-likeness (QED) is 0.374. The van der Waals surface area contributed by atoms with Gasteiger partial charge >= 0.3 is 0 Å².